The van der Waals surface area contributed by atoms with Gasteiger partial charge in [0.2, 0.25) is 0 Å². The Kier molecular flexibility index (Phi) is 8.22. The smallest absolute Gasteiger partial charge is 0.333 e. The monoisotopic (exact) mass is 768 g/mol. The van der Waals surface area contributed by atoms with Gasteiger partial charge >= 0.3 is 6.85 Å². The molecule has 0 N–H and O–H groups in total. The summed E-state index contributed by atoms with van der Waals surface area (Å²) < 4.78 is 7.01. The Morgan fingerprint density at radius 1 is 0.492 bits per heavy atom. The molecule has 8 aromatic rings. The third-order valence-electron chi connectivity index (χ3n) is 12.9. The molecule has 2 aliphatic heterocycles. The second-order valence-electron chi connectivity index (χ2n) is 19.9. The summed E-state index contributed by atoms with van der Waals surface area (Å²) in [5, 5.41) is 2.27. The van der Waals surface area contributed by atoms with E-state index in [1.165, 1.54) is 66.8 Å². The van der Waals surface area contributed by atoms with Crippen molar-refractivity contribution in [2.24, 2.45) is 0 Å². The predicted molar refractivity (Wildman–Crippen MR) is 254 cm³/mol. The quantitative estimate of drug-likeness (QED) is 0.167. The number of furan rings is 1. The maximum atomic E-state index is 7.01. The molecule has 0 spiro atoms. The van der Waals surface area contributed by atoms with E-state index in [1.54, 1.807) is 0 Å². The number of hydrogen-bond donors (Lipinski definition) is 0. The maximum absolute atomic E-state index is 7.01. The van der Waals surface area contributed by atoms with Crippen LogP contribution in [-0.2, 0) is 16.2 Å². The van der Waals surface area contributed by atoms with Crippen LogP contribution >= 0.6 is 0 Å². The lowest BCUT2D eigenvalue weighted by molar-refractivity contribution is 0.590. The number of benzene rings is 7. The number of para-hydroxylation sites is 1. The van der Waals surface area contributed by atoms with Crippen molar-refractivity contribution in [3.8, 4) is 22.3 Å². The van der Waals surface area contributed by atoms with Crippen LogP contribution < -0.4 is 20.6 Å². The third kappa shape index (κ3) is 5.94. The summed E-state index contributed by atoms with van der Waals surface area (Å²) in [7, 11) is 0. The Hall–Kier alpha value is -6.00. The van der Waals surface area contributed by atoms with E-state index >= 15 is 0 Å². The minimum absolute atomic E-state index is 0.0260. The Bertz CT molecular complexity index is 2950. The van der Waals surface area contributed by atoms with Crippen LogP contribution in [0.1, 0.15) is 84.6 Å². The molecule has 0 atom stereocenters. The molecule has 3 nitrogen and oxygen atoms in total. The van der Waals surface area contributed by atoms with Gasteiger partial charge in [0.25, 0.3) is 0 Å². The van der Waals surface area contributed by atoms with Crippen molar-refractivity contribution in [3.05, 3.63) is 162 Å². The van der Waals surface area contributed by atoms with E-state index < -0.39 is 0 Å². The van der Waals surface area contributed by atoms with Crippen LogP contribution in [0.2, 0.25) is 0 Å². The summed E-state index contributed by atoms with van der Waals surface area (Å²) >= 11 is 0. The lowest BCUT2D eigenvalue weighted by atomic mass is 9.43. The highest BCUT2D eigenvalue weighted by molar-refractivity contribution is 6.93. The summed E-state index contributed by atoms with van der Waals surface area (Å²) in [5.74, 6) is 0. The van der Waals surface area contributed by atoms with Crippen LogP contribution in [0.25, 0.3) is 44.2 Å². The molecular weight excluding hydrogens is 715 g/mol. The first-order valence-electron chi connectivity index (χ1n) is 21.2. The first-order chi connectivity index (χ1) is 28.1. The number of aryl methyl sites for hydroxylation is 1. The van der Waals surface area contributed by atoms with E-state index in [0.717, 1.165) is 39.0 Å². The highest BCUT2D eigenvalue weighted by atomic mass is 16.3. The minimum Gasteiger partial charge on any atom is -0.454 e. The zero-order valence-corrected chi connectivity index (χ0v) is 36.2. The van der Waals surface area contributed by atoms with Gasteiger partial charge in [0, 0.05) is 39.1 Å². The average molecular weight is 769 g/mol. The van der Waals surface area contributed by atoms with Crippen molar-refractivity contribution in [2.75, 3.05) is 9.71 Å². The van der Waals surface area contributed by atoms with E-state index in [9.17, 15) is 0 Å². The highest BCUT2D eigenvalue weighted by Crippen LogP contribution is 2.52. The predicted octanol–water partition coefficient (Wildman–Crippen LogP) is 14.2. The van der Waals surface area contributed by atoms with Gasteiger partial charge in [0.15, 0.2) is 5.58 Å². The summed E-state index contributed by atoms with van der Waals surface area (Å²) in [6.45, 7) is 22.8. The number of anilines is 5. The molecule has 59 heavy (non-hydrogen) atoms. The van der Waals surface area contributed by atoms with Gasteiger partial charge < -0.3 is 14.1 Å². The van der Waals surface area contributed by atoms with Gasteiger partial charge in [-0.05, 0) is 128 Å². The average Bonchev–Trinajstić information content (AvgIpc) is 3.59. The molecule has 292 valence electrons. The molecule has 0 unspecified atom stereocenters. The van der Waals surface area contributed by atoms with Crippen molar-refractivity contribution in [1.29, 1.82) is 0 Å². The van der Waals surface area contributed by atoms with E-state index in [0.29, 0.717) is 0 Å². The SMILES string of the molecule is Cc1ccccc1-c1cc2c3c(c1)N(c1ccc(C(C)(C)C)cc1)c1ccc(C(C)(C)C)cc1B3N(c1ccc(C(C)(C)C)cc1)c1c-2ccc2c1oc1ccccc12. The zero-order chi connectivity index (χ0) is 41.2. The van der Waals surface area contributed by atoms with Crippen molar-refractivity contribution in [3.63, 3.8) is 0 Å². The second kappa shape index (κ2) is 13.0. The molecule has 2 aliphatic rings. The van der Waals surface area contributed by atoms with Crippen molar-refractivity contribution in [2.45, 2.75) is 85.5 Å². The molecule has 0 saturated carbocycles. The molecule has 7 aromatic carbocycles. The molecule has 3 heterocycles. The van der Waals surface area contributed by atoms with Crippen LogP contribution in [-0.4, -0.2) is 6.85 Å². The molecule has 1 aromatic heterocycles. The normalized spacial score (nSPS) is 13.8. The zero-order valence-electron chi connectivity index (χ0n) is 36.2. The van der Waals surface area contributed by atoms with Crippen LogP contribution in [0, 0.1) is 6.92 Å². The molecule has 0 saturated heterocycles. The molecular formula is C55H53BN2O. The maximum Gasteiger partial charge on any atom is 0.333 e. The first kappa shape index (κ1) is 37.3. The van der Waals surface area contributed by atoms with Gasteiger partial charge in [-0.1, -0.05) is 147 Å². The highest BCUT2D eigenvalue weighted by Gasteiger charge is 2.47. The van der Waals surface area contributed by atoms with Crippen LogP contribution in [0.5, 0.6) is 0 Å². The number of nitrogens with zero attached hydrogens (tertiary/aromatic N) is 2. The fourth-order valence-corrected chi connectivity index (χ4v) is 9.53. The topological polar surface area (TPSA) is 19.6 Å². The molecule has 10 rings (SSSR count). The molecule has 0 amide bonds. The molecule has 0 bridgehead atoms. The van der Waals surface area contributed by atoms with E-state index in [-0.39, 0.29) is 23.1 Å². The standard InChI is InChI=1S/C55H53BN2O/c1-34-15-11-12-16-41(34)35-31-45-43-28-29-44-42-17-13-14-18-49(42)59-52(44)51(43)58(40-26-21-37(22-27-40)54(5,6)7)56-46-33-38(55(8,9)10)23-30-47(46)57(48(32-35)50(45)56)39-24-19-36(20-25-39)53(2,3)4/h11-33H,1-10H3. The lowest BCUT2D eigenvalue weighted by Crippen LogP contribution is -2.61. The molecule has 0 fully saturated rings. The number of rotatable bonds is 3. The van der Waals surface area contributed by atoms with E-state index in [2.05, 4.69) is 218 Å². The summed E-state index contributed by atoms with van der Waals surface area (Å²) in [5.41, 5.74) is 20.3. The Morgan fingerprint density at radius 2 is 1.10 bits per heavy atom. The van der Waals surface area contributed by atoms with Gasteiger partial charge in [-0.2, -0.15) is 0 Å². The van der Waals surface area contributed by atoms with E-state index in [4.69, 9.17) is 4.42 Å². The van der Waals surface area contributed by atoms with Crippen molar-refractivity contribution in [1.82, 2.24) is 0 Å². The van der Waals surface area contributed by atoms with Crippen molar-refractivity contribution < 1.29 is 4.42 Å². The minimum atomic E-state index is -0.139. The van der Waals surface area contributed by atoms with Crippen LogP contribution in [0.4, 0.5) is 28.4 Å². The molecule has 4 heteroatoms. The fourth-order valence-electron chi connectivity index (χ4n) is 9.53. The summed E-state index contributed by atoms with van der Waals surface area (Å²) in [4.78, 5) is 5.15. The van der Waals surface area contributed by atoms with Gasteiger partial charge in [-0.3, -0.25) is 0 Å². The van der Waals surface area contributed by atoms with Gasteiger partial charge in [0.05, 0.1) is 5.69 Å². The van der Waals surface area contributed by atoms with Crippen LogP contribution in [0.15, 0.2) is 144 Å². The molecule has 0 aliphatic carbocycles. The Balaban J connectivity index is 1.36. The molecule has 0 radical (unpaired) electrons. The lowest BCUT2D eigenvalue weighted by Gasteiger charge is -2.46. The fraction of sp³-hybridized carbons (Fsp3) is 0.236. The third-order valence-corrected chi connectivity index (χ3v) is 12.9. The Morgan fingerprint density at radius 3 is 1.76 bits per heavy atom. The second-order valence-corrected chi connectivity index (χ2v) is 19.9. The summed E-state index contributed by atoms with van der Waals surface area (Å²) in [6.07, 6.45) is 0. The largest absolute Gasteiger partial charge is 0.454 e. The van der Waals surface area contributed by atoms with Gasteiger partial charge in [-0.25, -0.2) is 0 Å². The van der Waals surface area contributed by atoms with Gasteiger partial charge in [-0.15, -0.1) is 0 Å². The summed E-state index contributed by atoms with van der Waals surface area (Å²) in [6, 6.07) is 52.7. The van der Waals surface area contributed by atoms with Crippen LogP contribution in [0.3, 0.4) is 0 Å². The van der Waals surface area contributed by atoms with E-state index in [1.807, 2.05) is 0 Å². The number of fused-ring (bicyclic) bond motifs is 8. The first-order valence-corrected chi connectivity index (χ1v) is 21.2. The van der Waals surface area contributed by atoms with Gasteiger partial charge in [0.1, 0.15) is 5.58 Å². The Labute approximate surface area is 350 Å². The number of hydrogen-bond acceptors (Lipinski definition) is 3. The van der Waals surface area contributed by atoms with Crippen molar-refractivity contribution >= 4 is 68.1 Å².